The fourth-order valence-electron chi connectivity index (χ4n) is 1.72. The highest BCUT2D eigenvalue weighted by Gasteiger charge is 2.31. The summed E-state index contributed by atoms with van der Waals surface area (Å²) in [5, 5.41) is 4.02. The standard InChI is InChI=1S/C15H17ClN2O2S2/c1-9-12(21-4)22-14(17-9)18-13(19)15(2,3)20-11-7-5-10(16)6-8-11/h5-8H,1-4H3,(H,17,18,19). The van der Waals surface area contributed by atoms with Crippen molar-refractivity contribution >= 4 is 45.7 Å². The molecule has 4 nitrogen and oxygen atoms in total. The van der Waals surface area contributed by atoms with Gasteiger partial charge in [0.1, 0.15) is 5.75 Å². The van der Waals surface area contributed by atoms with Crippen molar-refractivity contribution in [3.8, 4) is 5.75 Å². The second kappa shape index (κ2) is 6.89. The molecule has 0 unspecified atom stereocenters. The molecule has 0 aliphatic heterocycles. The van der Waals surface area contributed by atoms with Crippen molar-refractivity contribution in [1.29, 1.82) is 0 Å². The highest BCUT2D eigenvalue weighted by molar-refractivity contribution is 8.00. The van der Waals surface area contributed by atoms with E-state index in [2.05, 4.69) is 10.3 Å². The number of carbonyl (C=O) groups excluding carboxylic acids is 1. The highest BCUT2D eigenvalue weighted by atomic mass is 35.5. The summed E-state index contributed by atoms with van der Waals surface area (Å²) in [6.07, 6.45) is 1.99. The maximum Gasteiger partial charge on any atom is 0.269 e. The van der Waals surface area contributed by atoms with Crippen molar-refractivity contribution < 1.29 is 9.53 Å². The summed E-state index contributed by atoms with van der Waals surface area (Å²) in [5.74, 6) is 0.341. The molecule has 1 aromatic heterocycles. The first-order chi connectivity index (χ1) is 10.3. The number of rotatable bonds is 5. The van der Waals surface area contributed by atoms with Gasteiger partial charge in [0.05, 0.1) is 9.90 Å². The van der Waals surface area contributed by atoms with Crippen molar-refractivity contribution in [3.05, 3.63) is 35.0 Å². The van der Waals surface area contributed by atoms with Crippen LogP contribution in [0, 0.1) is 6.92 Å². The fourth-order valence-corrected chi connectivity index (χ4v) is 3.45. The van der Waals surface area contributed by atoms with E-state index >= 15 is 0 Å². The van der Waals surface area contributed by atoms with E-state index in [0.717, 1.165) is 9.90 Å². The second-order valence-corrected chi connectivity index (χ2v) is 7.63. The SMILES string of the molecule is CSc1sc(NC(=O)C(C)(C)Oc2ccc(Cl)cc2)nc1C. The topological polar surface area (TPSA) is 51.2 Å². The molecule has 1 N–H and O–H groups in total. The molecule has 1 amide bonds. The molecule has 0 aliphatic carbocycles. The van der Waals surface area contributed by atoms with Crippen molar-refractivity contribution in [2.75, 3.05) is 11.6 Å². The van der Waals surface area contributed by atoms with E-state index in [1.807, 2.05) is 13.2 Å². The molecule has 0 spiro atoms. The first-order valence-electron chi connectivity index (χ1n) is 6.59. The van der Waals surface area contributed by atoms with Crippen LogP contribution in [0.1, 0.15) is 19.5 Å². The number of hydrogen-bond acceptors (Lipinski definition) is 5. The lowest BCUT2D eigenvalue weighted by Crippen LogP contribution is -2.42. The number of carbonyl (C=O) groups is 1. The van der Waals surface area contributed by atoms with Crippen LogP contribution in [-0.2, 0) is 4.79 Å². The average molecular weight is 357 g/mol. The van der Waals surface area contributed by atoms with Crippen LogP contribution < -0.4 is 10.1 Å². The number of thioether (sulfide) groups is 1. The van der Waals surface area contributed by atoms with Gasteiger partial charge in [0.25, 0.3) is 5.91 Å². The summed E-state index contributed by atoms with van der Waals surface area (Å²) < 4.78 is 6.84. The minimum Gasteiger partial charge on any atom is -0.478 e. The highest BCUT2D eigenvalue weighted by Crippen LogP contribution is 2.31. The maximum absolute atomic E-state index is 12.4. The van der Waals surface area contributed by atoms with Gasteiger partial charge in [0.15, 0.2) is 10.7 Å². The Balaban J connectivity index is 2.07. The van der Waals surface area contributed by atoms with Gasteiger partial charge in [-0.3, -0.25) is 10.1 Å². The largest absolute Gasteiger partial charge is 0.478 e. The quantitative estimate of drug-likeness (QED) is 0.794. The number of nitrogens with one attached hydrogen (secondary N) is 1. The Bertz CT molecular complexity index is 669. The van der Waals surface area contributed by atoms with Crippen LogP contribution in [0.3, 0.4) is 0 Å². The Kier molecular flexibility index (Phi) is 5.36. The Morgan fingerprint density at radius 1 is 1.36 bits per heavy atom. The third-order valence-electron chi connectivity index (χ3n) is 2.89. The van der Waals surface area contributed by atoms with E-state index in [-0.39, 0.29) is 5.91 Å². The number of halogens is 1. The lowest BCUT2D eigenvalue weighted by Gasteiger charge is -2.24. The van der Waals surface area contributed by atoms with Crippen molar-refractivity contribution in [2.24, 2.45) is 0 Å². The molecule has 118 valence electrons. The number of nitrogens with zero attached hydrogens (tertiary/aromatic N) is 1. The van der Waals surface area contributed by atoms with E-state index in [1.165, 1.54) is 11.3 Å². The minimum atomic E-state index is -1.02. The van der Waals surface area contributed by atoms with Crippen LogP contribution in [0.15, 0.2) is 28.5 Å². The number of thiazole rings is 1. The van der Waals surface area contributed by atoms with Gasteiger partial charge in [-0.2, -0.15) is 0 Å². The van der Waals surface area contributed by atoms with Gasteiger partial charge in [-0.05, 0) is 51.3 Å². The van der Waals surface area contributed by atoms with Crippen LogP contribution in [0.25, 0.3) is 0 Å². The van der Waals surface area contributed by atoms with Gasteiger partial charge < -0.3 is 4.74 Å². The zero-order valence-corrected chi connectivity index (χ0v) is 15.2. The number of hydrogen-bond donors (Lipinski definition) is 1. The van der Waals surface area contributed by atoms with E-state index in [0.29, 0.717) is 15.9 Å². The monoisotopic (exact) mass is 356 g/mol. The Morgan fingerprint density at radius 3 is 2.55 bits per heavy atom. The first-order valence-corrected chi connectivity index (χ1v) is 9.01. The van der Waals surface area contributed by atoms with Gasteiger partial charge in [-0.25, -0.2) is 4.98 Å². The Hall–Kier alpha value is -1.24. The summed E-state index contributed by atoms with van der Waals surface area (Å²) >= 11 is 8.91. The molecule has 0 radical (unpaired) electrons. The van der Waals surface area contributed by atoms with Gasteiger partial charge >= 0.3 is 0 Å². The fraction of sp³-hybridized carbons (Fsp3) is 0.333. The number of ether oxygens (including phenoxy) is 1. The normalized spacial score (nSPS) is 11.3. The minimum absolute atomic E-state index is 0.246. The van der Waals surface area contributed by atoms with Crippen molar-refractivity contribution in [3.63, 3.8) is 0 Å². The van der Waals surface area contributed by atoms with E-state index in [1.54, 1.807) is 49.9 Å². The van der Waals surface area contributed by atoms with Gasteiger partial charge in [0, 0.05) is 5.02 Å². The average Bonchev–Trinajstić information content (AvgIpc) is 2.81. The molecule has 7 heteroatoms. The number of amides is 1. The summed E-state index contributed by atoms with van der Waals surface area (Å²) in [7, 11) is 0. The van der Waals surface area contributed by atoms with E-state index in [9.17, 15) is 4.79 Å². The lowest BCUT2D eigenvalue weighted by atomic mass is 10.1. The molecule has 2 rings (SSSR count). The van der Waals surface area contributed by atoms with Gasteiger partial charge in [-0.1, -0.05) is 22.9 Å². The smallest absolute Gasteiger partial charge is 0.269 e. The number of benzene rings is 1. The third-order valence-corrected chi connectivity index (χ3v) is 5.43. The maximum atomic E-state index is 12.4. The molecule has 0 saturated heterocycles. The molecular formula is C15H17ClN2O2S2. The molecule has 22 heavy (non-hydrogen) atoms. The van der Waals surface area contributed by atoms with Crippen LogP contribution in [-0.4, -0.2) is 22.7 Å². The summed E-state index contributed by atoms with van der Waals surface area (Å²) in [6, 6.07) is 6.91. The molecule has 0 saturated carbocycles. The predicted octanol–water partition coefficient (Wildman–Crippen LogP) is 4.62. The second-order valence-electron chi connectivity index (χ2n) is 5.12. The van der Waals surface area contributed by atoms with Crippen LogP contribution in [0.2, 0.25) is 5.02 Å². The number of aryl methyl sites for hydroxylation is 1. The van der Waals surface area contributed by atoms with Crippen molar-refractivity contribution in [2.45, 2.75) is 30.6 Å². The zero-order chi connectivity index (χ0) is 16.3. The van der Waals surface area contributed by atoms with E-state index < -0.39 is 5.60 Å². The van der Waals surface area contributed by atoms with Crippen LogP contribution >= 0.6 is 34.7 Å². The molecular weight excluding hydrogens is 340 g/mol. The lowest BCUT2D eigenvalue weighted by molar-refractivity contribution is -0.128. The molecule has 0 fully saturated rings. The molecule has 2 aromatic rings. The Labute approximate surface area is 143 Å². The van der Waals surface area contributed by atoms with Gasteiger partial charge in [0.2, 0.25) is 0 Å². The molecule has 0 atom stereocenters. The molecule has 0 aliphatic rings. The third kappa shape index (κ3) is 4.15. The summed E-state index contributed by atoms with van der Waals surface area (Å²) in [6.45, 7) is 5.35. The molecule has 0 bridgehead atoms. The zero-order valence-electron chi connectivity index (χ0n) is 12.8. The predicted molar refractivity (Wildman–Crippen MR) is 93.4 cm³/mol. The van der Waals surface area contributed by atoms with E-state index in [4.69, 9.17) is 16.3 Å². The molecule has 1 aromatic carbocycles. The number of aromatic nitrogens is 1. The molecule has 1 heterocycles. The Morgan fingerprint density at radius 2 is 2.00 bits per heavy atom. The van der Waals surface area contributed by atoms with Crippen LogP contribution in [0.4, 0.5) is 5.13 Å². The summed E-state index contributed by atoms with van der Waals surface area (Å²) in [5.41, 5.74) is -0.100. The summed E-state index contributed by atoms with van der Waals surface area (Å²) in [4.78, 5) is 16.8. The number of anilines is 1. The first kappa shape index (κ1) is 17.1. The van der Waals surface area contributed by atoms with Crippen molar-refractivity contribution in [1.82, 2.24) is 4.98 Å². The van der Waals surface area contributed by atoms with Crippen LogP contribution in [0.5, 0.6) is 5.75 Å². The van der Waals surface area contributed by atoms with Gasteiger partial charge in [-0.15, -0.1) is 11.8 Å².